The van der Waals surface area contributed by atoms with Crippen LogP contribution in [0.3, 0.4) is 0 Å². The van der Waals surface area contributed by atoms with Crippen molar-refractivity contribution in [3.8, 4) is 0 Å². The average molecular weight is 315 g/mol. The molecule has 22 heavy (non-hydrogen) atoms. The van der Waals surface area contributed by atoms with Crippen molar-refractivity contribution >= 4 is 0 Å². The van der Waals surface area contributed by atoms with E-state index in [2.05, 4.69) is 18.7 Å². The molecule has 0 amide bonds. The van der Waals surface area contributed by atoms with E-state index >= 15 is 0 Å². The van der Waals surface area contributed by atoms with Crippen LogP contribution in [0, 0.1) is 5.41 Å². The van der Waals surface area contributed by atoms with Gasteiger partial charge in [-0.1, -0.05) is 52.3 Å². The summed E-state index contributed by atoms with van der Waals surface area (Å²) in [5.41, 5.74) is 0.254. The van der Waals surface area contributed by atoms with Crippen LogP contribution < -0.4 is 0 Å². The predicted molar refractivity (Wildman–Crippen MR) is 85.7 cm³/mol. The summed E-state index contributed by atoms with van der Waals surface area (Å²) in [7, 11) is 0. The Labute approximate surface area is 132 Å². The second-order valence-corrected chi connectivity index (χ2v) is 6.10. The highest BCUT2D eigenvalue weighted by Gasteiger charge is 2.34. The van der Waals surface area contributed by atoms with E-state index in [0.717, 1.165) is 32.4 Å². The van der Waals surface area contributed by atoms with E-state index in [9.17, 15) is 13.2 Å². The zero-order valence-electron chi connectivity index (χ0n) is 14.1. The van der Waals surface area contributed by atoms with Crippen molar-refractivity contribution in [2.24, 2.45) is 5.41 Å². The Hall–Kier alpha value is -1.03. The number of alkyl halides is 3. The molecule has 1 aliphatic rings. The molecular formula is C18H28F3N. The topological polar surface area (TPSA) is 3.24 Å². The standard InChI is InChI=1S/C16H22F3N.C2H6/c1-3-15(2)8-10-20(11-9-15)12-13-6-4-5-7-14(13)16(17,18)19;1-2/h4-7H,3,8-12H2,1-2H3;1-2H3. The van der Waals surface area contributed by atoms with E-state index in [0.29, 0.717) is 17.5 Å². The second kappa shape index (κ2) is 8.00. The smallest absolute Gasteiger partial charge is 0.299 e. The number of piperidine rings is 1. The largest absolute Gasteiger partial charge is 0.416 e. The van der Waals surface area contributed by atoms with Gasteiger partial charge in [0, 0.05) is 6.54 Å². The van der Waals surface area contributed by atoms with Crippen LogP contribution in [0.15, 0.2) is 24.3 Å². The maximum Gasteiger partial charge on any atom is 0.416 e. The van der Waals surface area contributed by atoms with Crippen molar-refractivity contribution in [3.05, 3.63) is 35.4 Å². The third kappa shape index (κ3) is 5.01. The molecule has 1 aromatic rings. The number of halogens is 3. The first kappa shape index (κ1) is 19.0. The first-order valence-corrected chi connectivity index (χ1v) is 8.21. The maximum absolute atomic E-state index is 13.0. The SMILES string of the molecule is CC.CCC1(C)CCN(Cc2ccccc2C(F)(F)F)CC1. The third-order valence-corrected chi connectivity index (χ3v) is 4.63. The summed E-state index contributed by atoms with van der Waals surface area (Å²) in [6.07, 6.45) is -0.986. The van der Waals surface area contributed by atoms with Gasteiger partial charge in [-0.3, -0.25) is 4.90 Å². The lowest BCUT2D eigenvalue weighted by Crippen LogP contribution is -2.38. The molecule has 0 bridgehead atoms. The molecule has 0 N–H and O–H groups in total. The Kier molecular flexibility index (Phi) is 6.92. The van der Waals surface area contributed by atoms with Gasteiger partial charge in [0.05, 0.1) is 5.56 Å². The fourth-order valence-corrected chi connectivity index (χ4v) is 2.78. The van der Waals surface area contributed by atoms with Gasteiger partial charge in [-0.2, -0.15) is 13.2 Å². The van der Waals surface area contributed by atoms with Crippen molar-refractivity contribution in [1.29, 1.82) is 0 Å². The van der Waals surface area contributed by atoms with Gasteiger partial charge >= 0.3 is 6.18 Å². The van der Waals surface area contributed by atoms with Crippen LogP contribution in [0.2, 0.25) is 0 Å². The quantitative estimate of drug-likeness (QED) is 0.687. The fraction of sp³-hybridized carbons (Fsp3) is 0.667. The van der Waals surface area contributed by atoms with Gasteiger partial charge in [0.25, 0.3) is 0 Å². The van der Waals surface area contributed by atoms with Crippen LogP contribution in [-0.4, -0.2) is 18.0 Å². The minimum absolute atomic E-state index is 0.361. The van der Waals surface area contributed by atoms with Gasteiger partial charge in [-0.05, 0) is 43.0 Å². The summed E-state index contributed by atoms with van der Waals surface area (Å²) in [6.45, 7) is 10.6. The fourth-order valence-electron chi connectivity index (χ4n) is 2.78. The van der Waals surface area contributed by atoms with Crippen molar-refractivity contribution < 1.29 is 13.2 Å². The zero-order valence-corrected chi connectivity index (χ0v) is 14.1. The number of likely N-dealkylation sites (tertiary alicyclic amines) is 1. The molecule has 0 radical (unpaired) electrons. The molecular weight excluding hydrogens is 287 g/mol. The van der Waals surface area contributed by atoms with Gasteiger partial charge < -0.3 is 0 Å². The van der Waals surface area contributed by atoms with Gasteiger partial charge in [-0.15, -0.1) is 0 Å². The molecule has 0 aromatic heterocycles. The minimum atomic E-state index is -4.26. The summed E-state index contributed by atoms with van der Waals surface area (Å²) >= 11 is 0. The molecule has 0 atom stereocenters. The Morgan fingerprint density at radius 3 is 2.14 bits per heavy atom. The van der Waals surface area contributed by atoms with Crippen molar-refractivity contribution in [2.75, 3.05) is 13.1 Å². The van der Waals surface area contributed by atoms with Gasteiger partial charge in [-0.25, -0.2) is 0 Å². The van der Waals surface area contributed by atoms with E-state index < -0.39 is 11.7 Å². The molecule has 2 rings (SSSR count). The van der Waals surface area contributed by atoms with Crippen LogP contribution in [0.4, 0.5) is 13.2 Å². The lowest BCUT2D eigenvalue weighted by Gasteiger charge is -2.39. The van der Waals surface area contributed by atoms with Crippen LogP contribution in [0.25, 0.3) is 0 Å². The molecule has 0 unspecified atom stereocenters. The van der Waals surface area contributed by atoms with E-state index in [-0.39, 0.29) is 0 Å². The molecule has 0 aliphatic carbocycles. The Morgan fingerprint density at radius 2 is 1.64 bits per heavy atom. The molecule has 1 heterocycles. The normalized spacial score (nSPS) is 18.5. The number of nitrogens with zero attached hydrogens (tertiary/aromatic N) is 1. The average Bonchev–Trinajstić information content (AvgIpc) is 2.51. The summed E-state index contributed by atoms with van der Waals surface area (Å²) in [5.74, 6) is 0. The number of hydrogen-bond donors (Lipinski definition) is 0. The highest BCUT2D eigenvalue weighted by atomic mass is 19.4. The summed E-state index contributed by atoms with van der Waals surface area (Å²) in [4.78, 5) is 2.14. The molecule has 1 aliphatic heterocycles. The first-order chi connectivity index (χ1) is 10.3. The zero-order chi connectivity index (χ0) is 16.8. The second-order valence-electron chi connectivity index (χ2n) is 6.10. The van der Waals surface area contributed by atoms with Crippen LogP contribution in [-0.2, 0) is 12.7 Å². The highest BCUT2D eigenvalue weighted by molar-refractivity contribution is 5.29. The van der Waals surface area contributed by atoms with E-state index in [1.807, 2.05) is 13.8 Å². The summed E-state index contributed by atoms with van der Waals surface area (Å²) in [5, 5.41) is 0. The minimum Gasteiger partial charge on any atom is -0.299 e. The lowest BCUT2D eigenvalue weighted by atomic mass is 9.78. The van der Waals surface area contributed by atoms with Gasteiger partial charge in [0.2, 0.25) is 0 Å². The van der Waals surface area contributed by atoms with E-state index in [4.69, 9.17) is 0 Å². The van der Waals surface area contributed by atoms with Gasteiger partial charge in [0.1, 0.15) is 0 Å². The van der Waals surface area contributed by atoms with Gasteiger partial charge in [0.15, 0.2) is 0 Å². The number of hydrogen-bond acceptors (Lipinski definition) is 1. The molecule has 126 valence electrons. The Morgan fingerprint density at radius 1 is 1.09 bits per heavy atom. The predicted octanol–water partition coefficient (Wildman–Crippen LogP) is 5.74. The molecule has 0 spiro atoms. The van der Waals surface area contributed by atoms with Crippen molar-refractivity contribution in [2.45, 2.75) is 59.7 Å². The van der Waals surface area contributed by atoms with E-state index in [1.54, 1.807) is 12.1 Å². The lowest BCUT2D eigenvalue weighted by molar-refractivity contribution is -0.138. The van der Waals surface area contributed by atoms with Crippen molar-refractivity contribution in [3.63, 3.8) is 0 Å². The first-order valence-electron chi connectivity index (χ1n) is 8.21. The number of rotatable bonds is 3. The van der Waals surface area contributed by atoms with Crippen molar-refractivity contribution in [1.82, 2.24) is 4.90 Å². The molecule has 1 saturated heterocycles. The van der Waals surface area contributed by atoms with E-state index in [1.165, 1.54) is 12.1 Å². The van der Waals surface area contributed by atoms with Crippen LogP contribution >= 0.6 is 0 Å². The van der Waals surface area contributed by atoms with Crippen LogP contribution in [0.5, 0.6) is 0 Å². The molecule has 1 aromatic carbocycles. The molecule has 0 saturated carbocycles. The van der Waals surface area contributed by atoms with Crippen LogP contribution in [0.1, 0.15) is 58.1 Å². The summed E-state index contributed by atoms with van der Waals surface area (Å²) in [6, 6.07) is 5.91. The molecule has 1 nitrogen and oxygen atoms in total. The highest BCUT2D eigenvalue weighted by Crippen LogP contribution is 2.36. The Bertz CT molecular complexity index is 446. The molecule has 4 heteroatoms. The monoisotopic (exact) mass is 315 g/mol. The Balaban J connectivity index is 0.00000116. The maximum atomic E-state index is 13.0. The number of benzene rings is 1. The molecule has 1 fully saturated rings. The summed E-state index contributed by atoms with van der Waals surface area (Å²) < 4.78 is 38.9. The third-order valence-electron chi connectivity index (χ3n) is 4.63.